The largest absolute Gasteiger partial charge is 0.449 e. The third-order valence-corrected chi connectivity index (χ3v) is 5.84. The lowest BCUT2D eigenvalue weighted by atomic mass is 10.1. The van der Waals surface area contributed by atoms with Crippen LogP contribution in [-0.4, -0.2) is 15.8 Å². The first-order valence-corrected chi connectivity index (χ1v) is 10.9. The van der Waals surface area contributed by atoms with E-state index in [0.717, 1.165) is 18.2 Å². The maximum absolute atomic E-state index is 12.5. The van der Waals surface area contributed by atoms with Gasteiger partial charge >= 0.3 is 5.69 Å². The molecule has 1 N–H and O–H groups in total. The summed E-state index contributed by atoms with van der Waals surface area (Å²) in [6.45, 7) is 0. The SMILES string of the molecule is N#C/C(=C\c1ccc(Oc2ccc([N+](=O)[O-])cc2[N+](=O)[O-])c(Br)c1)C(=O)Nc1cccc(Cl)c1Cl. The number of anilines is 1. The van der Waals surface area contributed by atoms with E-state index in [1.54, 1.807) is 12.1 Å². The summed E-state index contributed by atoms with van der Waals surface area (Å²) in [4.78, 5) is 33.2. The van der Waals surface area contributed by atoms with Crippen molar-refractivity contribution >= 4 is 68.2 Å². The van der Waals surface area contributed by atoms with E-state index in [0.29, 0.717) is 10.0 Å². The van der Waals surface area contributed by atoms with Crippen molar-refractivity contribution in [2.24, 2.45) is 0 Å². The summed E-state index contributed by atoms with van der Waals surface area (Å²) in [5, 5.41) is 34.5. The number of amides is 1. The minimum absolute atomic E-state index is 0.129. The molecule has 0 aliphatic heterocycles. The fraction of sp³-hybridized carbons (Fsp3) is 0. The van der Waals surface area contributed by atoms with E-state index in [-0.39, 0.29) is 32.8 Å². The Bertz CT molecular complexity index is 1440. The second kappa shape index (κ2) is 11.0. The Morgan fingerprint density at radius 3 is 2.40 bits per heavy atom. The third-order valence-electron chi connectivity index (χ3n) is 4.40. The van der Waals surface area contributed by atoms with Crippen LogP contribution < -0.4 is 10.1 Å². The van der Waals surface area contributed by atoms with Crippen molar-refractivity contribution in [3.05, 3.63) is 100 Å². The second-order valence-corrected chi connectivity index (χ2v) is 8.32. The zero-order valence-electron chi connectivity index (χ0n) is 17.2. The number of halogens is 3. The molecule has 1 amide bonds. The molecule has 0 aliphatic rings. The van der Waals surface area contributed by atoms with Crippen LogP contribution in [0.2, 0.25) is 10.0 Å². The van der Waals surface area contributed by atoms with Gasteiger partial charge in [0.05, 0.1) is 36.1 Å². The highest BCUT2D eigenvalue weighted by Crippen LogP contribution is 2.37. The Labute approximate surface area is 215 Å². The molecule has 0 aliphatic carbocycles. The highest BCUT2D eigenvalue weighted by atomic mass is 79.9. The Balaban J connectivity index is 1.85. The van der Waals surface area contributed by atoms with E-state index in [1.807, 2.05) is 6.07 Å². The fourth-order valence-corrected chi connectivity index (χ4v) is 3.59. The number of hydrogen-bond acceptors (Lipinski definition) is 7. The van der Waals surface area contributed by atoms with Crippen molar-refractivity contribution in [2.45, 2.75) is 0 Å². The van der Waals surface area contributed by atoms with Gasteiger partial charge in [0.2, 0.25) is 5.75 Å². The number of nitriles is 1. The van der Waals surface area contributed by atoms with Crippen molar-refractivity contribution in [1.82, 2.24) is 0 Å². The van der Waals surface area contributed by atoms with Gasteiger partial charge in [0, 0.05) is 6.07 Å². The van der Waals surface area contributed by atoms with Crippen LogP contribution in [-0.2, 0) is 4.79 Å². The van der Waals surface area contributed by atoms with E-state index >= 15 is 0 Å². The number of nitrogens with one attached hydrogen (secondary N) is 1. The molecular formula is C22H11BrCl2N4O6. The van der Waals surface area contributed by atoms with Gasteiger partial charge in [-0.05, 0) is 57.9 Å². The van der Waals surface area contributed by atoms with Crippen molar-refractivity contribution in [1.29, 1.82) is 5.26 Å². The Morgan fingerprint density at radius 2 is 1.77 bits per heavy atom. The average Bonchev–Trinajstić information content (AvgIpc) is 2.81. The van der Waals surface area contributed by atoms with Crippen LogP contribution in [0.3, 0.4) is 0 Å². The number of non-ortho nitro benzene ring substituents is 1. The van der Waals surface area contributed by atoms with Gasteiger partial charge in [-0.2, -0.15) is 5.26 Å². The molecule has 0 radical (unpaired) electrons. The summed E-state index contributed by atoms with van der Waals surface area (Å²) in [5.41, 5.74) is -0.595. The number of nitro groups is 2. The maximum Gasteiger partial charge on any atom is 0.318 e. The van der Waals surface area contributed by atoms with E-state index in [2.05, 4.69) is 21.2 Å². The molecule has 10 nitrogen and oxygen atoms in total. The molecule has 3 aromatic rings. The van der Waals surface area contributed by atoms with Gasteiger partial charge in [-0.3, -0.25) is 25.0 Å². The molecule has 0 fully saturated rings. The molecule has 176 valence electrons. The van der Waals surface area contributed by atoms with Gasteiger partial charge in [-0.15, -0.1) is 0 Å². The normalized spacial score (nSPS) is 10.9. The molecule has 0 unspecified atom stereocenters. The predicted octanol–water partition coefficient (Wildman–Crippen LogP) is 6.91. The highest BCUT2D eigenvalue weighted by Gasteiger charge is 2.22. The molecule has 0 bridgehead atoms. The number of nitro benzene ring substituents is 2. The smallest absolute Gasteiger partial charge is 0.318 e. The summed E-state index contributed by atoms with van der Waals surface area (Å²) in [6.07, 6.45) is 1.32. The first-order valence-electron chi connectivity index (χ1n) is 9.38. The van der Waals surface area contributed by atoms with Gasteiger partial charge in [-0.1, -0.05) is 35.3 Å². The summed E-state index contributed by atoms with van der Waals surface area (Å²) in [7, 11) is 0. The average molecular weight is 578 g/mol. The van der Waals surface area contributed by atoms with E-state index in [4.69, 9.17) is 27.9 Å². The van der Waals surface area contributed by atoms with Crippen molar-refractivity contribution in [2.75, 3.05) is 5.32 Å². The van der Waals surface area contributed by atoms with Gasteiger partial charge in [0.1, 0.15) is 17.4 Å². The molecule has 0 saturated carbocycles. The molecule has 0 atom stereocenters. The lowest BCUT2D eigenvalue weighted by molar-refractivity contribution is -0.394. The molecule has 3 rings (SSSR count). The Hall–Kier alpha value is -3.98. The van der Waals surface area contributed by atoms with Crippen LogP contribution in [0, 0.1) is 31.6 Å². The number of carbonyl (C=O) groups is 1. The van der Waals surface area contributed by atoms with Crippen LogP contribution >= 0.6 is 39.1 Å². The molecule has 35 heavy (non-hydrogen) atoms. The van der Waals surface area contributed by atoms with Crippen LogP contribution in [0.25, 0.3) is 6.08 Å². The van der Waals surface area contributed by atoms with Gasteiger partial charge in [0.15, 0.2) is 0 Å². The monoisotopic (exact) mass is 576 g/mol. The Kier molecular flexibility index (Phi) is 8.03. The van der Waals surface area contributed by atoms with Crippen LogP contribution in [0.4, 0.5) is 17.1 Å². The zero-order valence-corrected chi connectivity index (χ0v) is 20.3. The minimum Gasteiger partial charge on any atom is -0.449 e. The van der Waals surface area contributed by atoms with E-state index in [9.17, 15) is 30.3 Å². The lowest BCUT2D eigenvalue weighted by Gasteiger charge is -2.09. The van der Waals surface area contributed by atoms with Gasteiger partial charge in [-0.25, -0.2) is 0 Å². The van der Waals surface area contributed by atoms with Crippen LogP contribution in [0.5, 0.6) is 11.5 Å². The number of rotatable bonds is 7. The summed E-state index contributed by atoms with van der Waals surface area (Å²) >= 11 is 15.3. The number of hydrogen-bond donors (Lipinski definition) is 1. The van der Waals surface area contributed by atoms with Crippen molar-refractivity contribution < 1.29 is 19.4 Å². The van der Waals surface area contributed by atoms with Crippen molar-refractivity contribution in [3.8, 4) is 17.6 Å². The Morgan fingerprint density at radius 1 is 1.06 bits per heavy atom. The molecule has 0 spiro atoms. The zero-order chi connectivity index (χ0) is 25.7. The highest BCUT2D eigenvalue weighted by molar-refractivity contribution is 9.10. The molecule has 0 saturated heterocycles. The number of ether oxygens (including phenoxy) is 1. The van der Waals surface area contributed by atoms with Gasteiger partial charge < -0.3 is 10.1 Å². The second-order valence-electron chi connectivity index (χ2n) is 6.68. The number of benzene rings is 3. The topological polar surface area (TPSA) is 148 Å². The van der Waals surface area contributed by atoms with E-state index < -0.39 is 27.1 Å². The predicted molar refractivity (Wildman–Crippen MR) is 133 cm³/mol. The molecule has 13 heteroatoms. The summed E-state index contributed by atoms with van der Waals surface area (Å²) < 4.78 is 5.91. The van der Waals surface area contributed by atoms with Gasteiger partial charge in [0.25, 0.3) is 11.6 Å². The number of nitrogens with zero attached hydrogens (tertiary/aromatic N) is 3. The molecule has 3 aromatic carbocycles. The molecule has 0 heterocycles. The lowest BCUT2D eigenvalue weighted by Crippen LogP contribution is -2.13. The first kappa shape index (κ1) is 25.6. The van der Waals surface area contributed by atoms with Crippen LogP contribution in [0.1, 0.15) is 5.56 Å². The minimum atomic E-state index is -0.794. The quantitative estimate of drug-likeness (QED) is 0.139. The molecular weight excluding hydrogens is 567 g/mol. The van der Waals surface area contributed by atoms with E-state index in [1.165, 1.54) is 30.3 Å². The summed E-state index contributed by atoms with van der Waals surface area (Å²) in [5.74, 6) is -0.762. The summed E-state index contributed by atoms with van der Waals surface area (Å²) in [6, 6.07) is 13.9. The first-order chi connectivity index (χ1) is 16.6. The molecule has 0 aromatic heterocycles. The number of carbonyl (C=O) groups excluding carboxylic acids is 1. The van der Waals surface area contributed by atoms with Crippen LogP contribution in [0.15, 0.2) is 64.6 Å². The maximum atomic E-state index is 12.5. The third kappa shape index (κ3) is 6.13. The van der Waals surface area contributed by atoms with Crippen molar-refractivity contribution in [3.63, 3.8) is 0 Å². The standard InChI is InChI=1S/C22H11BrCl2N4O6/c23-15-9-12(8-13(11-26)22(30)27-17-3-1-2-16(24)21(17)25)4-6-19(15)35-20-7-5-14(28(31)32)10-18(20)29(33)34/h1-10H,(H,27,30)/b13-8+. The fourth-order valence-electron chi connectivity index (χ4n) is 2.76.